The van der Waals surface area contributed by atoms with E-state index in [0.717, 1.165) is 84.3 Å². The number of ketones is 1. The number of likely N-dealkylation sites (N-methyl/N-ethyl adjacent to an activating group) is 1. The normalized spacial score (nSPS) is 20.4. The molecule has 8 nitrogen and oxygen atoms in total. The van der Waals surface area contributed by atoms with E-state index < -0.39 is 18.2 Å². The highest BCUT2D eigenvalue weighted by Crippen LogP contribution is 2.34. The van der Waals surface area contributed by atoms with E-state index in [1.165, 1.54) is 0 Å². The summed E-state index contributed by atoms with van der Waals surface area (Å²) < 4.78 is 5.30. The highest BCUT2D eigenvalue weighted by atomic mass is 16.5. The number of aliphatic carboxylic acids is 1. The van der Waals surface area contributed by atoms with Gasteiger partial charge in [-0.2, -0.15) is 0 Å². The van der Waals surface area contributed by atoms with Crippen molar-refractivity contribution < 1.29 is 34.4 Å². The minimum Gasteiger partial charge on any atom is -0.481 e. The molecule has 8 heteroatoms. The number of hydrogen-bond donors (Lipinski definition) is 3. The molecule has 0 spiro atoms. The van der Waals surface area contributed by atoms with E-state index >= 15 is 0 Å². The molecule has 0 aromatic rings. The summed E-state index contributed by atoms with van der Waals surface area (Å²) in [5, 5.41) is 27.8. The highest BCUT2D eigenvalue weighted by Gasteiger charge is 2.39. The Balaban J connectivity index is 0.00000283. The Hall–Kier alpha value is -1.77. The molecule has 36 heavy (non-hydrogen) atoms. The maximum absolute atomic E-state index is 12.3. The van der Waals surface area contributed by atoms with Crippen LogP contribution in [0.15, 0.2) is 12.2 Å². The molecule has 1 saturated carbocycles. The number of esters is 1. The molecular weight excluding hydrogens is 462 g/mol. The summed E-state index contributed by atoms with van der Waals surface area (Å²) >= 11 is 0. The van der Waals surface area contributed by atoms with Crippen LogP contribution in [0.5, 0.6) is 0 Å². The zero-order valence-corrected chi connectivity index (χ0v) is 23.0. The van der Waals surface area contributed by atoms with Crippen molar-refractivity contribution >= 4 is 17.7 Å². The van der Waals surface area contributed by atoms with Crippen LogP contribution >= 0.6 is 0 Å². The summed E-state index contributed by atoms with van der Waals surface area (Å²) in [4.78, 5) is 35.4. The van der Waals surface area contributed by atoms with Crippen LogP contribution in [0.25, 0.3) is 0 Å². The monoisotopic (exact) mass is 513 g/mol. The van der Waals surface area contributed by atoms with Crippen molar-refractivity contribution in [2.75, 3.05) is 26.2 Å². The lowest BCUT2D eigenvalue weighted by Crippen LogP contribution is -2.27. The van der Waals surface area contributed by atoms with Crippen molar-refractivity contribution in [2.45, 2.75) is 111 Å². The predicted molar refractivity (Wildman–Crippen MR) is 142 cm³/mol. The smallest absolute Gasteiger partial charge is 0.305 e. The van der Waals surface area contributed by atoms with Gasteiger partial charge < -0.3 is 25.0 Å². The molecule has 0 radical (unpaired) electrons. The molecule has 0 unspecified atom stereocenters. The first kappa shape index (κ1) is 34.2. The number of carboxylic acids is 1. The third kappa shape index (κ3) is 16.8. The number of aliphatic hydroxyl groups is 2. The van der Waals surface area contributed by atoms with Crippen LogP contribution in [0, 0.1) is 11.8 Å². The molecule has 0 aromatic heterocycles. The third-order valence-electron chi connectivity index (χ3n) is 6.60. The zero-order chi connectivity index (χ0) is 27.3. The fourth-order valence-corrected chi connectivity index (χ4v) is 4.44. The minimum absolute atomic E-state index is 0.129. The number of ether oxygens (including phenoxy) is 1. The van der Waals surface area contributed by atoms with Crippen LogP contribution < -0.4 is 0 Å². The fourth-order valence-electron chi connectivity index (χ4n) is 4.44. The molecule has 1 fully saturated rings. The van der Waals surface area contributed by atoms with Crippen molar-refractivity contribution in [1.29, 1.82) is 0 Å². The lowest BCUT2D eigenvalue weighted by molar-refractivity contribution is -0.144. The lowest BCUT2D eigenvalue weighted by atomic mass is 9.88. The molecule has 0 amide bonds. The molecular formula is C28H51NO7. The van der Waals surface area contributed by atoms with Gasteiger partial charge in [-0.05, 0) is 32.4 Å². The van der Waals surface area contributed by atoms with Gasteiger partial charge in [-0.3, -0.25) is 14.4 Å². The quantitative estimate of drug-likeness (QED) is 0.140. The number of aliphatic hydroxyl groups excluding tert-OH is 2. The van der Waals surface area contributed by atoms with Crippen molar-refractivity contribution in [1.82, 2.24) is 4.90 Å². The number of carboxylic acid groups (broad SMARTS) is 1. The summed E-state index contributed by atoms with van der Waals surface area (Å²) in [7, 11) is 0. The van der Waals surface area contributed by atoms with Gasteiger partial charge in [0.05, 0.1) is 12.2 Å². The summed E-state index contributed by atoms with van der Waals surface area (Å²) in [6.07, 6.45) is 11.4. The van der Waals surface area contributed by atoms with Crippen LogP contribution in [0.2, 0.25) is 0 Å². The van der Waals surface area contributed by atoms with E-state index in [-0.39, 0.29) is 30.0 Å². The summed E-state index contributed by atoms with van der Waals surface area (Å²) in [5.74, 6) is -1.18. The number of carbonyl (C=O) groups is 3. The second-order valence-corrected chi connectivity index (χ2v) is 9.59. The van der Waals surface area contributed by atoms with Crippen LogP contribution in [-0.2, 0) is 19.1 Å². The Labute approximate surface area is 218 Å². The molecule has 0 aliphatic heterocycles. The van der Waals surface area contributed by atoms with Crippen molar-refractivity contribution in [2.24, 2.45) is 11.8 Å². The molecule has 3 N–H and O–H groups in total. The van der Waals surface area contributed by atoms with E-state index in [1.54, 1.807) is 6.08 Å². The highest BCUT2D eigenvalue weighted by molar-refractivity contribution is 5.84. The number of unbranched alkanes of at least 4 members (excludes halogenated alkanes) is 5. The van der Waals surface area contributed by atoms with E-state index in [2.05, 4.69) is 25.7 Å². The van der Waals surface area contributed by atoms with Gasteiger partial charge in [0.1, 0.15) is 12.4 Å². The summed E-state index contributed by atoms with van der Waals surface area (Å²) in [5.41, 5.74) is 0. The molecule has 0 bridgehead atoms. The first-order valence-corrected chi connectivity index (χ1v) is 13.8. The Morgan fingerprint density at radius 2 is 1.72 bits per heavy atom. The maximum Gasteiger partial charge on any atom is 0.305 e. The summed E-state index contributed by atoms with van der Waals surface area (Å²) in [6.45, 7) is 10.6. The third-order valence-corrected chi connectivity index (χ3v) is 6.60. The van der Waals surface area contributed by atoms with Gasteiger partial charge in [-0.25, -0.2) is 0 Å². The fraction of sp³-hybridized carbons (Fsp3) is 0.821. The molecule has 0 saturated heterocycles. The molecule has 0 heterocycles. The van der Waals surface area contributed by atoms with Crippen molar-refractivity contribution in [3.63, 3.8) is 0 Å². The topological polar surface area (TPSA) is 124 Å². The van der Waals surface area contributed by atoms with Gasteiger partial charge in [0.2, 0.25) is 0 Å². The maximum atomic E-state index is 12.3. The van der Waals surface area contributed by atoms with E-state index in [9.17, 15) is 19.8 Å². The number of nitrogens with zero attached hydrogens (tertiary/aromatic N) is 1. The first-order valence-electron chi connectivity index (χ1n) is 13.8. The van der Waals surface area contributed by atoms with Gasteiger partial charge in [0.25, 0.3) is 5.97 Å². The summed E-state index contributed by atoms with van der Waals surface area (Å²) in [6, 6.07) is 0. The Kier molecular flexibility index (Phi) is 20.3. The second-order valence-electron chi connectivity index (χ2n) is 9.59. The van der Waals surface area contributed by atoms with Crippen LogP contribution in [-0.4, -0.2) is 76.4 Å². The van der Waals surface area contributed by atoms with Crippen LogP contribution in [0.1, 0.15) is 98.3 Å². The van der Waals surface area contributed by atoms with Gasteiger partial charge in [-0.15, -0.1) is 0 Å². The molecule has 1 aliphatic carbocycles. The largest absolute Gasteiger partial charge is 0.481 e. The SMILES string of the molecule is CC(=O)O.CCCCC[C@H](O)/C=C/[C@H]1[C@H](O)CC(=O)[C@@H]1CCCCCCC(=O)OCCN(CC)CC. The Morgan fingerprint density at radius 1 is 1.08 bits per heavy atom. The van der Waals surface area contributed by atoms with Gasteiger partial charge in [-0.1, -0.05) is 71.4 Å². The van der Waals surface area contributed by atoms with Crippen LogP contribution in [0.4, 0.5) is 0 Å². The molecule has 1 aliphatic rings. The number of hydrogen-bond acceptors (Lipinski definition) is 7. The Bertz CT molecular complexity index is 629. The average molecular weight is 514 g/mol. The van der Waals surface area contributed by atoms with Gasteiger partial charge in [0, 0.05) is 38.1 Å². The molecule has 0 aromatic carbocycles. The van der Waals surface area contributed by atoms with E-state index in [1.807, 2.05) is 6.08 Å². The zero-order valence-electron chi connectivity index (χ0n) is 23.0. The van der Waals surface area contributed by atoms with E-state index in [4.69, 9.17) is 14.6 Å². The first-order chi connectivity index (χ1) is 17.2. The lowest BCUT2D eigenvalue weighted by Gasteiger charge is -2.18. The number of carbonyl (C=O) groups excluding carboxylic acids is 2. The predicted octanol–water partition coefficient (Wildman–Crippen LogP) is 4.37. The van der Waals surface area contributed by atoms with Crippen molar-refractivity contribution in [3.8, 4) is 0 Å². The Morgan fingerprint density at radius 3 is 2.33 bits per heavy atom. The number of Topliss-reactive ketones (excluding diaryl/α,β-unsaturated/α-hetero) is 1. The van der Waals surface area contributed by atoms with Crippen molar-refractivity contribution in [3.05, 3.63) is 12.2 Å². The standard InChI is InChI=1S/C26H47NO5.C2H4O2/c1-4-7-10-13-21(28)16-17-23-22(24(29)20-25(23)30)14-11-8-9-12-15-26(31)32-19-18-27(5-2)6-3;1-2(3)4/h16-17,21-23,25,28,30H,4-15,18-20H2,1-3H3;1H3,(H,3,4)/b17-16+;/t21-,22+,23+,25+;/m0./s1. The molecule has 210 valence electrons. The average Bonchev–Trinajstić information content (AvgIpc) is 3.09. The van der Waals surface area contributed by atoms with Gasteiger partial charge >= 0.3 is 5.97 Å². The second kappa shape index (κ2) is 21.3. The van der Waals surface area contributed by atoms with Crippen LogP contribution in [0.3, 0.4) is 0 Å². The molecule has 1 rings (SSSR count). The molecule has 4 atom stereocenters. The van der Waals surface area contributed by atoms with Gasteiger partial charge in [0.15, 0.2) is 0 Å². The minimum atomic E-state index is -0.833. The number of rotatable bonds is 18. The van der Waals surface area contributed by atoms with E-state index in [0.29, 0.717) is 13.0 Å².